The van der Waals surface area contributed by atoms with Gasteiger partial charge < -0.3 is 4.90 Å². The summed E-state index contributed by atoms with van der Waals surface area (Å²) in [6.07, 6.45) is 4.22. The van der Waals surface area contributed by atoms with Crippen molar-refractivity contribution < 1.29 is 0 Å². The number of aromatic nitrogens is 3. The molecule has 0 amide bonds. The predicted molar refractivity (Wildman–Crippen MR) is 93.1 cm³/mol. The van der Waals surface area contributed by atoms with Crippen LogP contribution in [-0.4, -0.2) is 33.6 Å². The Hall–Kier alpha value is -2.00. The highest BCUT2D eigenvalue weighted by molar-refractivity contribution is 7.99. The van der Waals surface area contributed by atoms with Crippen LogP contribution in [0.1, 0.15) is 31.2 Å². The topological polar surface area (TPSA) is 57.7 Å². The van der Waals surface area contributed by atoms with Crippen molar-refractivity contribution in [1.82, 2.24) is 14.8 Å². The first-order valence-electron chi connectivity index (χ1n) is 8.07. The molecule has 1 aliphatic rings. The molecule has 0 atom stereocenters. The van der Waals surface area contributed by atoms with Crippen molar-refractivity contribution in [3.63, 3.8) is 0 Å². The van der Waals surface area contributed by atoms with E-state index in [0.29, 0.717) is 6.42 Å². The molecule has 1 aliphatic heterocycles. The fraction of sp³-hybridized carbons (Fsp3) is 0.471. The molecule has 0 N–H and O–H groups in total. The van der Waals surface area contributed by atoms with E-state index in [1.807, 2.05) is 0 Å². The number of nitrogens with zero attached hydrogens (tertiary/aromatic N) is 5. The van der Waals surface area contributed by atoms with E-state index in [0.717, 1.165) is 35.6 Å². The van der Waals surface area contributed by atoms with E-state index in [2.05, 4.69) is 56.9 Å². The van der Waals surface area contributed by atoms with Gasteiger partial charge in [0.25, 0.3) is 0 Å². The highest BCUT2D eigenvalue weighted by Gasteiger charge is 2.21. The maximum absolute atomic E-state index is 8.76. The van der Waals surface area contributed by atoms with Crippen molar-refractivity contribution in [2.75, 3.05) is 23.7 Å². The van der Waals surface area contributed by atoms with Crippen molar-refractivity contribution in [2.45, 2.75) is 37.8 Å². The Morgan fingerprint density at radius 1 is 1.13 bits per heavy atom. The summed E-state index contributed by atoms with van der Waals surface area (Å²) in [4.78, 5) is 2.32. The van der Waals surface area contributed by atoms with Gasteiger partial charge in [0.1, 0.15) is 0 Å². The number of nitriles is 1. The van der Waals surface area contributed by atoms with Crippen LogP contribution in [-0.2, 0) is 0 Å². The van der Waals surface area contributed by atoms with Gasteiger partial charge in [-0.05, 0) is 38.3 Å². The molecule has 1 saturated heterocycles. The third-order valence-electron chi connectivity index (χ3n) is 3.99. The standard InChI is InChI=1S/C17H21N5S/c1-14-6-8-15(9-7-14)22-16(21-11-3-2-4-12-21)19-20-17(22)23-13-5-10-18/h6-9H,2-5,11-13H2,1H3. The van der Waals surface area contributed by atoms with Crippen LogP contribution < -0.4 is 4.90 Å². The van der Waals surface area contributed by atoms with Crippen LogP contribution in [0.2, 0.25) is 0 Å². The van der Waals surface area contributed by atoms with Gasteiger partial charge in [-0.2, -0.15) is 5.26 Å². The zero-order chi connectivity index (χ0) is 16.1. The van der Waals surface area contributed by atoms with E-state index in [1.165, 1.54) is 24.8 Å². The monoisotopic (exact) mass is 327 g/mol. The van der Waals surface area contributed by atoms with Gasteiger partial charge >= 0.3 is 0 Å². The van der Waals surface area contributed by atoms with Crippen LogP contribution in [0.3, 0.4) is 0 Å². The van der Waals surface area contributed by atoms with E-state index in [-0.39, 0.29) is 0 Å². The molecular weight excluding hydrogens is 306 g/mol. The lowest BCUT2D eigenvalue weighted by Gasteiger charge is -2.27. The molecule has 0 radical (unpaired) electrons. The molecule has 3 rings (SSSR count). The second-order valence-corrected chi connectivity index (χ2v) is 6.82. The zero-order valence-corrected chi connectivity index (χ0v) is 14.2. The molecular formula is C17H21N5S. The second-order valence-electron chi connectivity index (χ2n) is 5.76. The largest absolute Gasteiger partial charge is 0.341 e. The van der Waals surface area contributed by atoms with Gasteiger partial charge in [0.15, 0.2) is 5.16 Å². The van der Waals surface area contributed by atoms with Gasteiger partial charge in [0.05, 0.1) is 11.8 Å². The van der Waals surface area contributed by atoms with Gasteiger partial charge in [0, 0.05) is 25.3 Å². The van der Waals surface area contributed by atoms with E-state index >= 15 is 0 Å². The molecule has 0 spiro atoms. The van der Waals surface area contributed by atoms with Crippen LogP contribution in [0.15, 0.2) is 29.4 Å². The van der Waals surface area contributed by atoms with Crippen molar-refractivity contribution in [3.8, 4) is 11.8 Å². The van der Waals surface area contributed by atoms with E-state index in [4.69, 9.17) is 5.26 Å². The fourth-order valence-electron chi connectivity index (χ4n) is 2.76. The molecule has 6 heteroatoms. The minimum atomic E-state index is 0.518. The lowest BCUT2D eigenvalue weighted by atomic mass is 10.1. The summed E-state index contributed by atoms with van der Waals surface area (Å²) < 4.78 is 2.13. The van der Waals surface area contributed by atoms with Gasteiger partial charge in [-0.3, -0.25) is 4.57 Å². The number of hydrogen-bond acceptors (Lipinski definition) is 5. The molecule has 0 bridgehead atoms. The first-order chi connectivity index (χ1) is 11.3. The average molecular weight is 327 g/mol. The number of anilines is 1. The minimum absolute atomic E-state index is 0.518. The Morgan fingerprint density at radius 2 is 1.87 bits per heavy atom. The van der Waals surface area contributed by atoms with Crippen LogP contribution in [0.25, 0.3) is 5.69 Å². The molecule has 0 unspecified atom stereocenters. The summed E-state index contributed by atoms with van der Waals surface area (Å²) in [6.45, 7) is 4.16. The lowest BCUT2D eigenvalue weighted by molar-refractivity contribution is 0.564. The molecule has 0 aliphatic carbocycles. The molecule has 2 aromatic rings. The third-order valence-corrected chi connectivity index (χ3v) is 4.92. The smallest absolute Gasteiger partial charge is 0.232 e. The summed E-state index contributed by atoms with van der Waals surface area (Å²) in [5.74, 6) is 1.66. The maximum Gasteiger partial charge on any atom is 0.232 e. The van der Waals surface area contributed by atoms with Crippen LogP contribution in [0.5, 0.6) is 0 Å². The van der Waals surface area contributed by atoms with Gasteiger partial charge in [0.2, 0.25) is 5.95 Å². The molecule has 1 aromatic carbocycles. The molecule has 1 aromatic heterocycles. The molecule has 23 heavy (non-hydrogen) atoms. The summed E-state index contributed by atoms with van der Waals surface area (Å²) in [7, 11) is 0. The van der Waals surface area contributed by atoms with Crippen LogP contribution in [0, 0.1) is 18.3 Å². The van der Waals surface area contributed by atoms with Crippen molar-refractivity contribution in [2.24, 2.45) is 0 Å². The molecule has 1 fully saturated rings. The molecule has 5 nitrogen and oxygen atoms in total. The Balaban J connectivity index is 1.95. The number of piperidine rings is 1. The maximum atomic E-state index is 8.76. The van der Waals surface area contributed by atoms with Gasteiger partial charge in [-0.15, -0.1) is 10.2 Å². The van der Waals surface area contributed by atoms with E-state index in [1.54, 1.807) is 11.8 Å². The fourth-order valence-corrected chi connectivity index (χ4v) is 3.55. The number of hydrogen-bond donors (Lipinski definition) is 0. The predicted octanol–water partition coefficient (Wildman–Crippen LogP) is 3.57. The van der Waals surface area contributed by atoms with Crippen molar-refractivity contribution >= 4 is 17.7 Å². The normalized spacial score (nSPS) is 14.7. The first-order valence-corrected chi connectivity index (χ1v) is 9.05. The number of aryl methyl sites for hydroxylation is 1. The average Bonchev–Trinajstić information content (AvgIpc) is 3.00. The van der Waals surface area contributed by atoms with Gasteiger partial charge in [-0.25, -0.2) is 0 Å². The molecule has 2 heterocycles. The Kier molecular flexibility index (Phi) is 5.19. The summed E-state index contributed by atoms with van der Waals surface area (Å²) >= 11 is 1.60. The summed E-state index contributed by atoms with van der Waals surface area (Å²) in [5, 5.41) is 18.5. The summed E-state index contributed by atoms with van der Waals surface area (Å²) in [5.41, 5.74) is 2.32. The van der Waals surface area contributed by atoms with Crippen molar-refractivity contribution in [3.05, 3.63) is 29.8 Å². The minimum Gasteiger partial charge on any atom is -0.341 e. The summed E-state index contributed by atoms with van der Waals surface area (Å²) in [6, 6.07) is 10.6. The van der Waals surface area contributed by atoms with E-state index in [9.17, 15) is 0 Å². The lowest BCUT2D eigenvalue weighted by Crippen LogP contribution is -2.31. The van der Waals surface area contributed by atoms with Crippen molar-refractivity contribution in [1.29, 1.82) is 5.26 Å². The Bertz CT molecular complexity index is 680. The first kappa shape index (κ1) is 15.9. The third kappa shape index (κ3) is 3.67. The quantitative estimate of drug-likeness (QED) is 0.620. The highest BCUT2D eigenvalue weighted by Crippen LogP contribution is 2.28. The number of rotatable bonds is 5. The van der Waals surface area contributed by atoms with E-state index < -0.39 is 0 Å². The van der Waals surface area contributed by atoms with Gasteiger partial charge in [-0.1, -0.05) is 29.5 Å². The highest BCUT2D eigenvalue weighted by atomic mass is 32.2. The SMILES string of the molecule is Cc1ccc(-n2c(SCCC#N)nnc2N2CCCCC2)cc1. The van der Waals surface area contributed by atoms with Crippen LogP contribution in [0.4, 0.5) is 5.95 Å². The van der Waals surface area contributed by atoms with Crippen LogP contribution >= 0.6 is 11.8 Å². The molecule has 0 saturated carbocycles. The Labute approximate surface area is 141 Å². The number of benzene rings is 1. The number of thioether (sulfide) groups is 1. The molecule has 120 valence electrons. The Morgan fingerprint density at radius 3 is 2.57 bits per heavy atom. The zero-order valence-electron chi connectivity index (χ0n) is 13.4. The second kappa shape index (κ2) is 7.51.